The monoisotopic (exact) mass is 173 g/mol. The van der Waals surface area contributed by atoms with Gasteiger partial charge in [0.25, 0.3) is 0 Å². The Bertz CT molecular complexity index is 298. The Hall–Kier alpha value is -1.37. The lowest BCUT2D eigenvalue weighted by molar-refractivity contribution is 0.545. The highest BCUT2D eigenvalue weighted by molar-refractivity contribution is 5.80. The van der Waals surface area contributed by atoms with Crippen molar-refractivity contribution in [2.45, 2.75) is 13.8 Å². The second-order valence-corrected chi connectivity index (χ2v) is 2.95. The first-order valence-electron chi connectivity index (χ1n) is 4.39. The van der Waals surface area contributed by atoms with Crippen LogP contribution in [-0.2, 0) is 4.79 Å². The average molecular weight is 173 g/mol. The van der Waals surface area contributed by atoms with Gasteiger partial charge in [-0.15, -0.1) is 0 Å². The van der Waals surface area contributed by atoms with Crippen LogP contribution in [0.15, 0.2) is 36.4 Å². The van der Waals surface area contributed by atoms with Gasteiger partial charge in [-0.1, -0.05) is 43.3 Å². The van der Waals surface area contributed by atoms with Crippen LogP contribution >= 0.6 is 0 Å². The van der Waals surface area contributed by atoms with E-state index in [0.717, 1.165) is 11.1 Å². The Balaban J connectivity index is 2.99. The Labute approximate surface area is 79.1 Å². The third-order valence-electron chi connectivity index (χ3n) is 2.06. The van der Waals surface area contributed by atoms with E-state index >= 15 is 0 Å². The molecule has 1 nitrogen and oxygen atoms in total. The number of benzene rings is 1. The van der Waals surface area contributed by atoms with Gasteiger partial charge in [0.15, 0.2) is 0 Å². The van der Waals surface area contributed by atoms with Gasteiger partial charge in [0.2, 0.25) is 6.29 Å². The molecule has 0 aromatic heterocycles. The summed E-state index contributed by atoms with van der Waals surface area (Å²) in [5, 5.41) is 0. The maximum atomic E-state index is 10.5. The second kappa shape index (κ2) is 4.61. The highest BCUT2D eigenvalue weighted by Crippen LogP contribution is 2.21. The molecule has 1 radical (unpaired) electrons. The second-order valence-electron chi connectivity index (χ2n) is 2.95. The molecule has 0 saturated carbocycles. The summed E-state index contributed by atoms with van der Waals surface area (Å²) >= 11 is 0. The fraction of sp³-hybridized carbons (Fsp3) is 0.250. The molecule has 1 aromatic rings. The van der Waals surface area contributed by atoms with E-state index in [-0.39, 0.29) is 5.92 Å². The van der Waals surface area contributed by atoms with E-state index in [9.17, 15) is 4.79 Å². The van der Waals surface area contributed by atoms with Crippen LogP contribution in [0.4, 0.5) is 0 Å². The molecular formula is C12H13O. The summed E-state index contributed by atoms with van der Waals surface area (Å²) in [7, 11) is 0. The minimum absolute atomic E-state index is 0.146. The molecule has 0 spiro atoms. The van der Waals surface area contributed by atoms with Crippen molar-refractivity contribution in [3.8, 4) is 0 Å². The summed E-state index contributed by atoms with van der Waals surface area (Å²) in [4.78, 5) is 10.5. The topological polar surface area (TPSA) is 17.1 Å². The lowest BCUT2D eigenvalue weighted by atomic mass is 9.95. The van der Waals surface area contributed by atoms with E-state index in [0.29, 0.717) is 0 Å². The fourth-order valence-corrected chi connectivity index (χ4v) is 1.36. The van der Waals surface area contributed by atoms with Gasteiger partial charge < -0.3 is 0 Å². The Morgan fingerprint density at radius 3 is 2.46 bits per heavy atom. The van der Waals surface area contributed by atoms with E-state index in [1.165, 1.54) is 0 Å². The van der Waals surface area contributed by atoms with Crippen LogP contribution in [0.25, 0.3) is 5.57 Å². The smallest absolute Gasteiger partial charge is 0.206 e. The molecule has 0 aliphatic carbocycles. The molecule has 0 aliphatic heterocycles. The maximum Gasteiger partial charge on any atom is 0.206 e. The van der Waals surface area contributed by atoms with Crippen LogP contribution < -0.4 is 0 Å². The quantitative estimate of drug-likeness (QED) is 0.687. The molecule has 13 heavy (non-hydrogen) atoms. The number of hydrogen-bond donors (Lipinski definition) is 0. The molecule has 0 N–H and O–H groups in total. The van der Waals surface area contributed by atoms with Crippen molar-refractivity contribution in [3.63, 3.8) is 0 Å². The van der Waals surface area contributed by atoms with Gasteiger partial charge in [-0.25, -0.2) is 0 Å². The predicted octanol–water partition coefficient (Wildman–Crippen LogP) is 2.84. The third kappa shape index (κ3) is 2.28. The molecule has 1 rings (SSSR count). The normalized spacial score (nSPS) is 13.8. The van der Waals surface area contributed by atoms with Gasteiger partial charge in [0, 0.05) is 5.92 Å². The molecule has 67 valence electrons. The number of rotatable bonds is 3. The van der Waals surface area contributed by atoms with Crippen LogP contribution in [0.1, 0.15) is 19.4 Å². The molecular weight excluding hydrogens is 160 g/mol. The van der Waals surface area contributed by atoms with Crippen LogP contribution in [0, 0.1) is 5.92 Å². The van der Waals surface area contributed by atoms with E-state index in [4.69, 9.17) is 0 Å². The van der Waals surface area contributed by atoms with E-state index in [1.54, 1.807) is 0 Å². The minimum atomic E-state index is -0.146. The predicted molar refractivity (Wildman–Crippen MR) is 55.0 cm³/mol. The van der Waals surface area contributed by atoms with Crippen LogP contribution in [0.3, 0.4) is 0 Å². The summed E-state index contributed by atoms with van der Waals surface area (Å²) in [6.07, 6.45) is 3.96. The number of allylic oxidation sites excluding steroid dienone is 2. The first-order valence-corrected chi connectivity index (χ1v) is 4.39. The highest BCUT2D eigenvalue weighted by atomic mass is 16.1. The van der Waals surface area contributed by atoms with Gasteiger partial charge in [0.05, 0.1) is 0 Å². The van der Waals surface area contributed by atoms with Gasteiger partial charge in [-0.05, 0) is 18.1 Å². The maximum absolute atomic E-state index is 10.5. The minimum Gasteiger partial charge on any atom is -0.290 e. The first kappa shape index (κ1) is 9.72. The summed E-state index contributed by atoms with van der Waals surface area (Å²) in [5.74, 6) is -0.146. The lowest BCUT2D eigenvalue weighted by Crippen LogP contribution is -1.99. The largest absolute Gasteiger partial charge is 0.290 e. The molecule has 1 atom stereocenters. The standard InChI is InChI=1S/C12H13O/c1-3-12(10(2)9-13)11-7-5-4-6-8-11/h3-8,10H,1-2H3/b12-3-. The van der Waals surface area contributed by atoms with Crippen molar-refractivity contribution in [3.05, 3.63) is 42.0 Å². The molecule has 0 heterocycles. The zero-order chi connectivity index (χ0) is 9.68. The van der Waals surface area contributed by atoms with Crippen molar-refractivity contribution in [2.75, 3.05) is 0 Å². The Morgan fingerprint density at radius 1 is 1.38 bits per heavy atom. The highest BCUT2D eigenvalue weighted by Gasteiger charge is 2.08. The molecule has 0 aliphatic rings. The fourth-order valence-electron chi connectivity index (χ4n) is 1.36. The van der Waals surface area contributed by atoms with E-state index in [2.05, 4.69) is 0 Å². The Kier molecular flexibility index (Phi) is 3.44. The molecule has 0 fully saturated rings. The van der Waals surface area contributed by atoms with Crippen molar-refractivity contribution < 1.29 is 4.79 Å². The number of carbonyl (C=O) groups excluding carboxylic acids is 1. The Morgan fingerprint density at radius 2 is 2.00 bits per heavy atom. The first-order chi connectivity index (χ1) is 6.29. The van der Waals surface area contributed by atoms with Gasteiger partial charge >= 0.3 is 0 Å². The summed E-state index contributed by atoms with van der Waals surface area (Å²) in [5.41, 5.74) is 2.14. The molecule has 1 unspecified atom stereocenters. The van der Waals surface area contributed by atoms with Crippen molar-refractivity contribution in [2.24, 2.45) is 5.92 Å². The summed E-state index contributed by atoms with van der Waals surface area (Å²) < 4.78 is 0. The van der Waals surface area contributed by atoms with Crippen LogP contribution in [0.2, 0.25) is 0 Å². The SMILES string of the molecule is C/C=C(\c1ccccc1)C(C)[C]=O. The summed E-state index contributed by atoms with van der Waals surface area (Å²) in [6.45, 7) is 3.80. The molecule has 0 bridgehead atoms. The van der Waals surface area contributed by atoms with Crippen LogP contribution in [-0.4, -0.2) is 6.29 Å². The van der Waals surface area contributed by atoms with Crippen molar-refractivity contribution in [1.82, 2.24) is 0 Å². The van der Waals surface area contributed by atoms with E-state index in [1.807, 2.05) is 56.5 Å². The van der Waals surface area contributed by atoms with Gasteiger partial charge in [-0.3, -0.25) is 4.79 Å². The van der Waals surface area contributed by atoms with E-state index < -0.39 is 0 Å². The average Bonchev–Trinajstić information content (AvgIpc) is 2.20. The molecule has 0 amide bonds. The number of hydrogen-bond acceptors (Lipinski definition) is 1. The third-order valence-corrected chi connectivity index (χ3v) is 2.06. The molecule has 0 saturated heterocycles. The molecule has 1 aromatic carbocycles. The van der Waals surface area contributed by atoms with Crippen molar-refractivity contribution in [1.29, 1.82) is 0 Å². The van der Waals surface area contributed by atoms with Gasteiger partial charge in [-0.2, -0.15) is 0 Å². The van der Waals surface area contributed by atoms with Crippen molar-refractivity contribution >= 4 is 11.9 Å². The summed E-state index contributed by atoms with van der Waals surface area (Å²) in [6, 6.07) is 9.91. The zero-order valence-electron chi connectivity index (χ0n) is 7.95. The lowest BCUT2D eigenvalue weighted by Gasteiger charge is -2.08. The van der Waals surface area contributed by atoms with Gasteiger partial charge in [0.1, 0.15) is 0 Å². The molecule has 1 heteroatoms. The zero-order valence-corrected chi connectivity index (χ0v) is 7.95. The van der Waals surface area contributed by atoms with Crippen LogP contribution in [0.5, 0.6) is 0 Å².